The Hall–Kier alpha value is -0.960. The molecule has 0 spiro atoms. The third-order valence-electron chi connectivity index (χ3n) is 3.85. The summed E-state index contributed by atoms with van der Waals surface area (Å²) in [5.41, 5.74) is 0.329. The number of benzene rings is 1. The highest BCUT2D eigenvalue weighted by molar-refractivity contribution is 5.28. The maximum atomic E-state index is 13.2. The first-order valence-electron chi connectivity index (χ1n) is 7.09. The molecule has 0 heterocycles. The fourth-order valence-corrected chi connectivity index (χ4v) is 2.68. The van der Waals surface area contributed by atoms with E-state index in [1.807, 2.05) is 26.0 Å². The first kappa shape index (κ1) is 16.1. The van der Waals surface area contributed by atoms with Gasteiger partial charge in [0.1, 0.15) is 0 Å². The van der Waals surface area contributed by atoms with Crippen molar-refractivity contribution in [3.05, 3.63) is 35.4 Å². The molecule has 1 aromatic carbocycles. The third kappa shape index (κ3) is 3.53. The lowest BCUT2D eigenvalue weighted by Gasteiger charge is -2.36. The van der Waals surface area contributed by atoms with Gasteiger partial charge in [0.2, 0.25) is 6.43 Å². The molecule has 0 aliphatic carbocycles. The van der Waals surface area contributed by atoms with Gasteiger partial charge in [-0.15, -0.1) is 0 Å². The number of aryl methyl sites for hydroxylation is 1. The Morgan fingerprint density at radius 3 is 2.05 bits per heavy atom. The minimum absolute atomic E-state index is 0.268. The van der Waals surface area contributed by atoms with Crippen LogP contribution in [-0.4, -0.2) is 11.5 Å². The molecule has 0 aromatic heterocycles. The van der Waals surface area contributed by atoms with Crippen LogP contribution in [0.5, 0.6) is 0 Å². The molecule has 1 rings (SSSR count). The van der Waals surface area contributed by atoms with Crippen molar-refractivity contribution in [2.45, 2.75) is 58.5 Å². The molecule has 1 nitrogen and oxygen atoms in total. The summed E-state index contributed by atoms with van der Waals surface area (Å²) >= 11 is 0. The lowest BCUT2D eigenvalue weighted by molar-refractivity contribution is -0.0975. The predicted octanol–water partition coefficient (Wildman–Crippen LogP) is 4.53. The summed E-state index contributed by atoms with van der Waals surface area (Å²) in [5.74, 6) is -1.01. The second-order valence-electron chi connectivity index (χ2n) is 5.07. The van der Waals surface area contributed by atoms with Crippen molar-refractivity contribution in [1.82, 2.24) is 0 Å². The van der Waals surface area contributed by atoms with E-state index in [0.717, 1.165) is 12.0 Å². The maximum absolute atomic E-state index is 13.2. The van der Waals surface area contributed by atoms with Gasteiger partial charge < -0.3 is 5.11 Å². The van der Waals surface area contributed by atoms with Crippen LogP contribution in [0.25, 0.3) is 0 Å². The smallest absolute Gasteiger partial charge is 0.244 e. The molecule has 0 saturated heterocycles. The quantitative estimate of drug-likeness (QED) is 0.772. The molecule has 2 unspecified atom stereocenters. The Morgan fingerprint density at radius 1 is 1.11 bits per heavy atom. The lowest BCUT2D eigenvalue weighted by Crippen LogP contribution is -2.39. The van der Waals surface area contributed by atoms with E-state index >= 15 is 0 Å². The number of hydrogen-bond acceptors (Lipinski definition) is 1. The van der Waals surface area contributed by atoms with Crippen LogP contribution in [0.4, 0.5) is 8.78 Å². The van der Waals surface area contributed by atoms with Crippen molar-refractivity contribution in [3.8, 4) is 0 Å². The zero-order valence-electron chi connectivity index (χ0n) is 12.0. The van der Waals surface area contributed by atoms with E-state index in [-0.39, 0.29) is 6.42 Å². The fourth-order valence-electron chi connectivity index (χ4n) is 2.68. The van der Waals surface area contributed by atoms with Gasteiger partial charge in [-0.3, -0.25) is 0 Å². The first-order chi connectivity index (χ1) is 8.99. The van der Waals surface area contributed by atoms with E-state index in [1.165, 1.54) is 0 Å². The minimum Gasteiger partial charge on any atom is -0.385 e. The second kappa shape index (κ2) is 6.99. The molecule has 0 amide bonds. The second-order valence-corrected chi connectivity index (χ2v) is 5.07. The average molecular weight is 270 g/mol. The normalized spacial score (nSPS) is 16.4. The molecule has 2 atom stereocenters. The molecule has 1 N–H and O–H groups in total. The van der Waals surface area contributed by atoms with Crippen LogP contribution in [0, 0.1) is 5.92 Å². The van der Waals surface area contributed by atoms with Gasteiger partial charge in [-0.05, 0) is 30.4 Å². The molecule has 0 aliphatic heterocycles. The van der Waals surface area contributed by atoms with Crippen LogP contribution in [0.1, 0.15) is 51.2 Å². The molecule has 19 heavy (non-hydrogen) atoms. The largest absolute Gasteiger partial charge is 0.385 e. The predicted molar refractivity (Wildman–Crippen MR) is 74.4 cm³/mol. The van der Waals surface area contributed by atoms with E-state index in [9.17, 15) is 13.9 Å². The van der Waals surface area contributed by atoms with Crippen molar-refractivity contribution in [3.63, 3.8) is 0 Å². The highest BCUT2D eigenvalue weighted by Gasteiger charge is 2.41. The van der Waals surface area contributed by atoms with Gasteiger partial charge in [0.25, 0.3) is 0 Å². The lowest BCUT2D eigenvalue weighted by atomic mass is 9.76. The van der Waals surface area contributed by atoms with Gasteiger partial charge in [-0.2, -0.15) is 0 Å². The van der Waals surface area contributed by atoms with E-state index in [0.29, 0.717) is 18.4 Å². The molecule has 0 fully saturated rings. The molecular formula is C16H24F2O. The van der Waals surface area contributed by atoms with Crippen LogP contribution >= 0.6 is 0 Å². The Bertz CT molecular complexity index is 375. The monoisotopic (exact) mass is 270 g/mol. The summed E-state index contributed by atoms with van der Waals surface area (Å²) in [5, 5.41) is 10.8. The first-order valence-corrected chi connectivity index (χ1v) is 7.09. The van der Waals surface area contributed by atoms with Gasteiger partial charge in [0, 0.05) is 0 Å². The van der Waals surface area contributed by atoms with Crippen molar-refractivity contribution >= 4 is 0 Å². The summed E-state index contributed by atoms with van der Waals surface area (Å²) in [7, 11) is 0. The molecule has 0 radical (unpaired) electrons. The Morgan fingerprint density at radius 2 is 1.68 bits per heavy atom. The van der Waals surface area contributed by atoms with Gasteiger partial charge >= 0.3 is 0 Å². The minimum atomic E-state index is -2.51. The molecule has 0 saturated carbocycles. The van der Waals surface area contributed by atoms with E-state index < -0.39 is 17.9 Å². The number of rotatable bonds is 7. The summed E-state index contributed by atoms with van der Waals surface area (Å²) < 4.78 is 26.4. The SMILES string of the molecule is CCCC(O)(c1ccc(CC)cc1)C(CC)C(F)F. The number of halogens is 2. The van der Waals surface area contributed by atoms with Gasteiger partial charge in [0.05, 0.1) is 11.5 Å². The summed E-state index contributed by atoms with van der Waals surface area (Å²) in [6, 6.07) is 7.40. The summed E-state index contributed by atoms with van der Waals surface area (Å²) in [6.45, 7) is 5.66. The number of alkyl halides is 2. The average Bonchev–Trinajstić information content (AvgIpc) is 2.39. The van der Waals surface area contributed by atoms with Crippen molar-refractivity contribution in [2.75, 3.05) is 0 Å². The zero-order chi connectivity index (χ0) is 14.5. The molecule has 0 aliphatic rings. The number of aliphatic hydroxyl groups is 1. The molecule has 108 valence electrons. The van der Waals surface area contributed by atoms with E-state index in [1.54, 1.807) is 19.1 Å². The van der Waals surface area contributed by atoms with Crippen LogP contribution in [-0.2, 0) is 12.0 Å². The van der Waals surface area contributed by atoms with Crippen LogP contribution in [0.15, 0.2) is 24.3 Å². The highest BCUT2D eigenvalue weighted by Crippen LogP contribution is 2.39. The van der Waals surface area contributed by atoms with Crippen LogP contribution in [0.2, 0.25) is 0 Å². The Balaban J connectivity index is 3.15. The van der Waals surface area contributed by atoms with Crippen molar-refractivity contribution in [2.24, 2.45) is 5.92 Å². The molecular weight excluding hydrogens is 246 g/mol. The standard InChI is InChI=1S/C16H24F2O/c1-4-11-16(19,14(6-3)15(17)18)13-9-7-12(5-2)8-10-13/h7-10,14-15,19H,4-6,11H2,1-3H3. The Kier molecular flexibility index (Phi) is 5.92. The topological polar surface area (TPSA) is 20.2 Å². The third-order valence-corrected chi connectivity index (χ3v) is 3.85. The van der Waals surface area contributed by atoms with Crippen molar-refractivity contribution in [1.29, 1.82) is 0 Å². The van der Waals surface area contributed by atoms with Gasteiger partial charge in [-0.1, -0.05) is 51.5 Å². The molecule has 3 heteroatoms. The van der Waals surface area contributed by atoms with Crippen LogP contribution < -0.4 is 0 Å². The summed E-state index contributed by atoms with van der Waals surface area (Å²) in [6.07, 6.45) is -0.300. The van der Waals surface area contributed by atoms with Gasteiger partial charge in [0.15, 0.2) is 0 Å². The maximum Gasteiger partial charge on any atom is 0.244 e. The van der Waals surface area contributed by atoms with E-state index in [4.69, 9.17) is 0 Å². The van der Waals surface area contributed by atoms with E-state index in [2.05, 4.69) is 0 Å². The Labute approximate surface area is 114 Å². The van der Waals surface area contributed by atoms with Crippen LogP contribution in [0.3, 0.4) is 0 Å². The van der Waals surface area contributed by atoms with Crippen molar-refractivity contribution < 1.29 is 13.9 Å². The highest BCUT2D eigenvalue weighted by atomic mass is 19.3. The molecule has 0 bridgehead atoms. The van der Waals surface area contributed by atoms with Gasteiger partial charge in [-0.25, -0.2) is 8.78 Å². The zero-order valence-corrected chi connectivity index (χ0v) is 12.0. The summed E-state index contributed by atoms with van der Waals surface area (Å²) in [4.78, 5) is 0. The fraction of sp³-hybridized carbons (Fsp3) is 0.625. The molecule has 1 aromatic rings. The number of hydrogen-bond donors (Lipinski definition) is 1.